The fraction of sp³-hybridized carbons (Fsp3) is 0.529. The molecule has 0 aromatic heterocycles. The minimum atomic E-state index is -1.22. The fourth-order valence-corrected chi connectivity index (χ4v) is 3.03. The van der Waals surface area contributed by atoms with Gasteiger partial charge in [0.25, 0.3) is 5.91 Å². The lowest BCUT2D eigenvalue weighted by Crippen LogP contribution is -2.43. The van der Waals surface area contributed by atoms with Crippen LogP contribution in [-0.2, 0) is 9.53 Å². The average molecular weight is 325 g/mol. The van der Waals surface area contributed by atoms with Crippen LogP contribution in [-0.4, -0.2) is 25.0 Å². The van der Waals surface area contributed by atoms with E-state index in [1.807, 2.05) is 0 Å². The van der Waals surface area contributed by atoms with Gasteiger partial charge in [0.05, 0.1) is 12.7 Å². The number of halogens is 2. The van der Waals surface area contributed by atoms with Crippen LogP contribution in [0.1, 0.15) is 48.9 Å². The van der Waals surface area contributed by atoms with Crippen molar-refractivity contribution in [1.29, 1.82) is 0 Å². The molecule has 23 heavy (non-hydrogen) atoms. The Morgan fingerprint density at radius 1 is 1.26 bits per heavy atom. The minimum absolute atomic E-state index is 0.325. The van der Waals surface area contributed by atoms with Gasteiger partial charge in [-0.1, -0.05) is 38.2 Å². The second-order valence-corrected chi connectivity index (χ2v) is 5.89. The Kier molecular flexibility index (Phi) is 6.07. The minimum Gasteiger partial charge on any atom is -0.467 e. The molecule has 1 fully saturated rings. The third-order valence-corrected chi connectivity index (χ3v) is 4.28. The average Bonchev–Trinajstić information content (AvgIpc) is 2.56. The van der Waals surface area contributed by atoms with E-state index in [2.05, 4.69) is 5.32 Å². The van der Waals surface area contributed by atoms with Crippen LogP contribution in [0.2, 0.25) is 0 Å². The number of benzene rings is 1. The Bertz CT molecular complexity index is 571. The van der Waals surface area contributed by atoms with Crippen LogP contribution < -0.4 is 5.32 Å². The molecule has 0 aliphatic heterocycles. The van der Waals surface area contributed by atoms with Gasteiger partial charge >= 0.3 is 5.97 Å². The number of carbonyl (C=O) groups excluding carboxylic acids is 2. The van der Waals surface area contributed by atoms with Gasteiger partial charge in [-0.2, -0.15) is 0 Å². The summed E-state index contributed by atoms with van der Waals surface area (Å²) in [4.78, 5) is 24.1. The molecule has 1 saturated carbocycles. The van der Waals surface area contributed by atoms with Crippen LogP contribution >= 0.6 is 0 Å². The van der Waals surface area contributed by atoms with E-state index in [1.165, 1.54) is 25.7 Å². The van der Waals surface area contributed by atoms with Gasteiger partial charge in [0, 0.05) is 0 Å². The zero-order chi connectivity index (χ0) is 16.8. The van der Waals surface area contributed by atoms with E-state index in [-0.39, 0.29) is 0 Å². The van der Waals surface area contributed by atoms with Crippen molar-refractivity contribution in [2.24, 2.45) is 5.92 Å². The van der Waals surface area contributed by atoms with Crippen molar-refractivity contribution >= 4 is 11.9 Å². The van der Waals surface area contributed by atoms with Crippen LogP contribution in [0.5, 0.6) is 0 Å². The molecule has 0 spiro atoms. The highest BCUT2D eigenvalue weighted by molar-refractivity contribution is 5.97. The molecule has 0 unspecified atom stereocenters. The molecule has 126 valence electrons. The topological polar surface area (TPSA) is 55.4 Å². The number of methoxy groups -OCH3 is 1. The van der Waals surface area contributed by atoms with Crippen molar-refractivity contribution in [2.45, 2.75) is 44.6 Å². The highest BCUT2D eigenvalue weighted by Gasteiger charge is 2.28. The van der Waals surface area contributed by atoms with Gasteiger partial charge in [-0.05, 0) is 24.5 Å². The number of nitrogens with one attached hydrogen (secondary N) is 1. The maximum absolute atomic E-state index is 13.7. The number of carbonyl (C=O) groups is 2. The van der Waals surface area contributed by atoms with Crippen LogP contribution in [0.25, 0.3) is 0 Å². The number of hydrogen-bond donors (Lipinski definition) is 1. The molecular formula is C17H21F2NO3. The number of esters is 1. The molecule has 0 heterocycles. The smallest absolute Gasteiger partial charge is 0.328 e. The van der Waals surface area contributed by atoms with Crippen molar-refractivity contribution < 1.29 is 23.1 Å². The fourth-order valence-electron chi connectivity index (χ4n) is 3.03. The van der Waals surface area contributed by atoms with E-state index in [4.69, 9.17) is 4.74 Å². The third-order valence-electron chi connectivity index (χ3n) is 4.28. The zero-order valence-electron chi connectivity index (χ0n) is 13.1. The molecule has 2 rings (SSSR count). The van der Waals surface area contributed by atoms with E-state index in [9.17, 15) is 18.4 Å². The number of amides is 1. The SMILES string of the molecule is COC(=O)[C@@H](CC1CCCCC1)NC(=O)c1cccc(F)c1F. The lowest BCUT2D eigenvalue weighted by atomic mass is 9.84. The van der Waals surface area contributed by atoms with Crippen molar-refractivity contribution in [2.75, 3.05) is 7.11 Å². The number of ether oxygens (including phenoxy) is 1. The van der Waals surface area contributed by atoms with Gasteiger partial charge in [-0.3, -0.25) is 4.79 Å². The molecule has 6 heteroatoms. The van der Waals surface area contributed by atoms with Crippen LogP contribution in [0.4, 0.5) is 8.78 Å². The monoisotopic (exact) mass is 325 g/mol. The first-order chi connectivity index (χ1) is 11.0. The Balaban J connectivity index is 2.08. The number of hydrogen-bond acceptors (Lipinski definition) is 3. The molecule has 1 atom stereocenters. The van der Waals surface area contributed by atoms with Gasteiger partial charge in [0.2, 0.25) is 0 Å². The summed E-state index contributed by atoms with van der Waals surface area (Å²) in [5.41, 5.74) is -0.414. The highest BCUT2D eigenvalue weighted by Crippen LogP contribution is 2.27. The summed E-state index contributed by atoms with van der Waals surface area (Å²) in [6.07, 6.45) is 5.83. The lowest BCUT2D eigenvalue weighted by molar-refractivity contribution is -0.143. The molecule has 1 amide bonds. The van der Waals surface area contributed by atoms with Crippen LogP contribution in [0.3, 0.4) is 0 Å². The van der Waals surface area contributed by atoms with Crippen molar-refractivity contribution in [3.05, 3.63) is 35.4 Å². The van der Waals surface area contributed by atoms with Gasteiger partial charge in [0.15, 0.2) is 11.6 Å². The van der Waals surface area contributed by atoms with E-state index >= 15 is 0 Å². The molecule has 1 aliphatic carbocycles. The van der Waals surface area contributed by atoms with Gasteiger partial charge in [-0.25, -0.2) is 13.6 Å². The summed E-state index contributed by atoms with van der Waals surface area (Å²) < 4.78 is 31.6. The zero-order valence-corrected chi connectivity index (χ0v) is 13.1. The highest BCUT2D eigenvalue weighted by atomic mass is 19.2. The first-order valence-electron chi connectivity index (χ1n) is 7.85. The quantitative estimate of drug-likeness (QED) is 0.846. The molecule has 0 bridgehead atoms. The Hall–Kier alpha value is -1.98. The summed E-state index contributed by atoms with van der Waals surface area (Å²) in [7, 11) is 1.24. The first-order valence-corrected chi connectivity index (χ1v) is 7.85. The normalized spacial score (nSPS) is 16.7. The van der Waals surface area contributed by atoms with E-state index in [0.717, 1.165) is 31.7 Å². The molecule has 1 N–H and O–H groups in total. The molecule has 0 saturated heterocycles. The first kappa shape index (κ1) is 17.4. The summed E-state index contributed by atoms with van der Waals surface area (Å²) >= 11 is 0. The van der Waals surface area contributed by atoms with E-state index in [0.29, 0.717) is 12.3 Å². The lowest BCUT2D eigenvalue weighted by Gasteiger charge is -2.25. The standard InChI is InChI=1S/C17H21F2NO3/c1-23-17(22)14(10-11-6-3-2-4-7-11)20-16(21)12-8-5-9-13(18)15(12)19/h5,8-9,11,14H,2-4,6-7,10H2,1H3,(H,20,21)/t14-/m1/s1. The summed E-state index contributed by atoms with van der Waals surface area (Å²) in [6.45, 7) is 0. The molecule has 1 aliphatic rings. The second-order valence-electron chi connectivity index (χ2n) is 5.89. The summed E-state index contributed by atoms with van der Waals surface area (Å²) in [6, 6.07) is 2.52. The summed E-state index contributed by atoms with van der Waals surface area (Å²) in [5.74, 6) is -3.37. The molecule has 1 aromatic carbocycles. The maximum atomic E-state index is 13.7. The van der Waals surface area contributed by atoms with Crippen LogP contribution in [0.15, 0.2) is 18.2 Å². The Labute approximate surface area is 134 Å². The number of rotatable bonds is 5. The van der Waals surface area contributed by atoms with Gasteiger partial charge < -0.3 is 10.1 Å². The predicted molar refractivity (Wildman–Crippen MR) is 80.8 cm³/mol. The Morgan fingerprint density at radius 3 is 2.61 bits per heavy atom. The molecule has 0 radical (unpaired) electrons. The molecule has 1 aromatic rings. The maximum Gasteiger partial charge on any atom is 0.328 e. The van der Waals surface area contributed by atoms with Gasteiger partial charge in [-0.15, -0.1) is 0 Å². The molecular weight excluding hydrogens is 304 g/mol. The third kappa shape index (κ3) is 4.50. The second kappa shape index (κ2) is 8.04. The van der Waals surface area contributed by atoms with Crippen molar-refractivity contribution in [3.8, 4) is 0 Å². The van der Waals surface area contributed by atoms with Crippen LogP contribution in [0, 0.1) is 17.6 Å². The van der Waals surface area contributed by atoms with Crippen molar-refractivity contribution in [1.82, 2.24) is 5.32 Å². The summed E-state index contributed by atoms with van der Waals surface area (Å²) in [5, 5.41) is 2.48. The molecule has 4 nitrogen and oxygen atoms in total. The Morgan fingerprint density at radius 2 is 1.96 bits per heavy atom. The van der Waals surface area contributed by atoms with Crippen molar-refractivity contribution in [3.63, 3.8) is 0 Å². The predicted octanol–water partition coefficient (Wildman–Crippen LogP) is 3.21. The largest absolute Gasteiger partial charge is 0.467 e. The van der Waals surface area contributed by atoms with E-state index < -0.39 is 35.1 Å². The van der Waals surface area contributed by atoms with Gasteiger partial charge in [0.1, 0.15) is 6.04 Å². The van der Waals surface area contributed by atoms with E-state index in [1.54, 1.807) is 0 Å².